The van der Waals surface area contributed by atoms with Gasteiger partial charge in [0.05, 0.1) is 22.8 Å². The molecule has 4 aromatic rings. The zero-order valence-electron chi connectivity index (χ0n) is 24.6. The van der Waals surface area contributed by atoms with Crippen molar-refractivity contribution in [3.8, 4) is 11.1 Å². The van der Waals surface area contributed by atoms with E-state index in [9.17, 15) is 19.8 Å². The average Bonchev–Trinajstić information content (AvgIpc) is 3.06. The van der Waals surface area contributed by atoms with Gasteiger partial charge < -0.3 is 21.9 Å². The molecule has 14 heteroatoms. The molecule has 0 amide bonds. The average molecular weight is 722 g/mol. The third kappa shape index (κ3) is 4.70. The molecule has 0 saturated carbocycles. The van der Waals surface area contributed by atoms with Crippen molar-refractivity contribution in [2.24, 2.45) is 21.9 Å². The first-order valence-electron chi connectivity index (χ1n) is 14.2. The number of aliphatic carboxylic acids is 2. The monoisotopic (exact) mass is 720 g/mol. The van der Waals surface area contributed by atoms with Crippen molar-refractivity contribution in [1.29, 1.82) is 10.8 Å². The van der Waals surface area contributed by atoms with Crippen LogP contribution in [0.15, 0.2) is 83.0 Å². The fraction of sp³-hybridized carbons (Fsp3) is 0.118. The number of halogens is 4. The van der Waals surface area contributed by atoms with Gasteiger partial charge in [0.15, 0.2) is 0 Å². The van der Waals surface area contributed by atoms with E-state index in [4.69, 9.17) is 68.9 Å². The van der Waals surface area contributed by atoms with E-state index in [0.717, 1.165) is 0 Å². The van der Waals surface area contributed by atoms with Crippen molar-refractivity contribution in [2.45, 2.75) is 23.7 Å². The van der Waals surface area contributed by atoms with E-state index in [1.807, 2.05) is 0 Å². The Morgan fingerprint density at radius 3 is 1.23 bits per heavy atom. The van der Waals surface area contributed by atoms with Crippen LogP contribution < -0.4 is 11.7 Å². The maximum absolute atomic E-state index is 13.2. The molecule has 8 N–H and O–H groups in total. The number of hydrogen-bond acceptors (Lipinski definition) is 8. The van der Waals surface area contributed by atoms with Crippen LogP contribution in [0.1, 0.15) is 46.2 Å². The molecule has 48 heavy (non-hydrogen) atoms. The molecule has 4 aromatic carbocycles. The van der Waals surface area contributed by atoms with Gasteiger partial charge >= 0.3 is 11.9 Å². The third-order valence-electron chi connectivity index (χ3n) is 9.07. The number of hydrogen-bond donors (Lipinski definition) is 6. The normalized spacial score (nSPS) is 22.0. The first-order chi connectivity index (χ1) is 22.8. The van der Waals surface area contributed by atoms with Crippen LogP contribution in [0.25, 0.3) is 11.1 Å². The molecule has 0 aliphatic heterocycles. The number of benzene rings is 4. The number of rotatable bonds is 5. The standard InChI is InChI=1S/C34H24Cl4N6O4/c35-21-9-15(10-22(36)27(21)33(31(45)46)13-25(43-41)29(39)17-5-1-3-7-19(17)33)16-11-23(37)28(24(38)12-16)34(32(47)48)14-26(44-42)30(40)18-6-2-4-8-20(18)34/h1-12,39-40H,13-14,41-42H2,(H,45,46)(H,47,48). The number of hydrazone groups is 2. The Kier molecular flexibility index (Phi) is 8.33. The number of nitrogens with zero attached hydrogens (tertiary/aromatic N) is 2. The van der Waals surface area contributed by atoms with E-state index >= 15 is 0 Å². The highest BCUT2D eigenvalue weighted by molar-refractivity contribution is 6.50. The molecule has 0 saturated heterocycles. The molecule has 0 radical (unpaired) electrons. The highest BCUT2D eigenvalue weighted by atomic mass is 35.5. The van der Waals surface area contributed by atoms with Crippen LogP contribution in [0.3, 0.4) is 0 Å². The van der Waals surface area contributed by atoms with Crippen molar-refractivity contribution in [1.82, 2.24) is 0 Å². The Morgan fingerprint density at radius 2 is 0.938 bits per heavy atom. The summed E-state index contributed by atoms with van der Waals surface area (Å²) in [6, 6.07) is 19.2. The van der Waals surface area contributed by atoms with Gasteiger partial charge in [0.2, 0.25) is 0 Å². The molecule has 2 unspecified atom stereocenters. The molecular weight excluding hydrogens is 698 g/mol. The molecule has 2 atom stereocenters. The SMILES string of the molecule is N=C1C(=NN)CC(C(=O)O)(c2c(Cl)cc(-c3cc(Cl)c(C4(C(=O)O)CC(=NN)C(=N)c5ccccc54)c(Cl)c3)cc2Cl)c2ccccc21. The second-order valence-corrected chi connectivity index (χ2v) is 13.0. The van der Waals surface area contributed by atoms with Crippen molar-refractivity contribution >= 4 is 81.2 Å². The van der Waals surface area contributed by atoms with Gasteiger partial charge in [-0.05, 0) is 46.5 Å². The minimum Gasteiger partial charge on any atom is -0.480 e. The number of nitrogens with two attached hydrogens (primary N) is 2. The smallest absolute Gasteiger partial charge is 0.319 e. The summed E-state index contributed by atoms with van der Waals surface area (Å²) in [6.07, 6.45) is -0.547. The topological polar surface area (TPSA) is 199 Å². The second kappa shape index (κ2) is 12.1. The van der Waals surface area contributed by atoms with Crippen LogP contribution in [-0.2, 0) is 20.4 Å². The van der Waals surface area contributed by atoms with E-state index in [2.05, 4.69) is 10.2 Å². The van der Waals surface area contributed by atoms with Gasteiger partial charge in [-0.1, -0.05) is 94.9 Å². The van der Waals surface area contributed by atoms with Crippen LogP contribution in [0, 0.1) is 10.8 Å². The highest BCUT2D eigenvalue weighted by Gasteiger charge is 2.52. The summed E-state index contributed by atoms with van der Waals surface area (Å²) in [6.45, 7) is 0. The Morgan fingerprint density at radius 1 is 0.625 bits per heavy atom. The van der Waals surface area contributed by atoms with E-state index in [-0.39, 0.29) is 66.9 Å². The van der Waals surface area contributed by atoms with Gasteiger partial charge in [-0.2, -0.15) is 10.2 Å². The maximum Gasteiger partial charge on any atom is 0.319 e. The maximum atomic E-state index is 13.2. The van der Waals surface area contributed by atoms with Gasteiger partial charge in [-0.3, -0.25) is 20.4 Å². The molecule has 242 valence electrons. The molecule has 10 nitrogen and oxygen atoms in total. The van der Waals surface area contributed by atoms with Crippen LogP contribution >= 0.6 is 46.4 Å². The largest absolute Gasteiger partial charge is 0.480 e. The molecule has 0 heterocycles. The van der Waals surface area contributed by atoms with Gasteiger partial charge in [-0.25, -0.2) is 0 Å². The van der Waals surface area contributed by atoms with Gasteiger partial charge in [0.25, 0.3) is 0 Å². The lowest BCUT2D eigenvalue weighted by molar-refractivity contribution is -0.142. The molecule has 0 aromatic heterocycles. The predicted octanol–water partition coefficient (Wildman–Crippen LogP) is 6.88. The minimum atomic E-state index is -1.83. The van der Waals surface area contributed by atoms with Crippen LogP contribution in [0.5, 0.6) is 0 Å². The molecular formula is C34H24Cl4N6O4. The Hall–Kier alpha value is -4.74. The predicted molar refractivity (Wildman–Crippen MR) is 188 cm³/mol. The van der Waals surface area contributed by atoms with Crippen molar-refractivity contribution in [2.75, 3.05) is 0 Å². The summed E-state index contributed by atoms with van der Waals surface area (Å²) in [4.78, 5) is 26.4. The fourth-order valence-corrected chi connectivity index (χ4v) is 8.50. The zero-order chi connectivity index (χ0) is 34.7. The van der Waals surface area contributed by atoms with Gasteiger partial charge in [0.1, 0.15) is 10.8 Å². The van der Waals surface area contributed by atoms with Crippen LogP contribution in [0.4, 0.5) is 0 Å². The molecule has 2 aliphatic rings. The summed E-state index contributed by atoms with van der Waals surface area (Å²) in [5, 5.41) is 46.0. The van der Waals surface area contributed by atoms with Gasteiger partial charge in [0, 0.05) is 55.2 Å². The quantitative estimate of drug-likeness (QED) is 0.0958. The lowest BCUT2D eigenvalue weighted by atomic mass is 9.64. The molecule has 0 spiro atoms. The van der Waals surface area contributed by atoms with E-state index in [1.165, 1.54) is 24.3 Å². The van der Waals surface area contributed by atoms with Crippen LogP contribution in [-0.4, -0.2) is 45.0 Å². The Balaban J connectivity index is 1.53. The van der Waals surface area contributed by atoms with E-state index in [0.29, 0.717) is 33.4 Å². The number of carboxylic acids is 2. The molecule has 0 fully saturated rings. The van der Waals surface area contributed by atoms with Crippen molar-refractivity contribution in [3.63, 3.8) is 0 Å². The van der Waals surface area contributed by atoms with E-state index < -0.39 is 22.8 Å². The third-order valence-corrected chi connectivity index (χ3v) is 10.3. The lowest BCUT2D eigenvalue weighted by Crippen LogP contribution is -2.46. The van der Waals surface area contributed by atoms with Crippen molar-refractivity contribution < 1.29 is 19.8 Å². The summed E-state index contributed by atoms with van der Waals surface area (Å²) < 4.78 is 0. The van der Waals surface area contributed by atoms with Gasteiger partial charge in [-0.15, -0.1) is 0 Å². The highest BCUT2D eigenvalue weighted by Crippen LogP contribution is 2.51. The summed E-state index contributed by atoms with van der Waals surface area (Å²) in [5.74, 6) is 8.67. The summed E-state index contributed by atoms with van der Waals surface area (Å²) in [5.41, 5.74) is -1.27. The number of fused-ring (bicyclic) bond motifs is 2. The molecule has 6 rings (SSSR count). The van der Waals surface area contributed by atoms with Crippen molar-refractivity contribution in [3.05, 3.63) is 126 Å². The lowest BCUT2D eigenvalue weighted by Gasteiger charge is -2.38. The zero-order valence-corrected chi connectivity index (χ0v) is 27.6. The number of carboxylic acid groups (broad SMARTS) is 2. The summed E-state index contributed by atoms with van der Waals surface area (Å²) >= 11 is 27.5. The number of nitrogens with one attached hydrogen (secondary N) is 2. The fourth-order valence-electron chi connectivity index (χ4n) is 6.88. The second-order valence-electron chi connectivity index (χ2n) is 11.4. The van der Waals surface area contributed by atoms with E-state index in [1.54, 1.807) is 48.5 Å². The number of carbonyl (C=O) groups is 2. The first-order valence-corrected chi connectivity index (χ1v) is 15.7. The van der Waals surface area contributed by atoms with Crippen LogP contribution in [0.2, 0.25) is 20.1 Å². The molecule has 2 aliphatic carbocycles. The first kappa shape index (κ1) is 33.2. The Labute approximate surface area is 293 Å². The molecule has 0 bridgehead atoms. The summed E-state index contributed by atoms with van der Waals surface area (Å²) in [7, 11) is 0. The minimum absolute atomic E-state index is 0.000342. The Bertz CT molecular complexity index is 1990.